The van der Waals surface area contributed by atoms with E-state index in [2.05, 4.69) is 11.0 Å². The van der Waals surface area contributed by atoms with E-state index in [1.807, 2.05) is 30.8 Å². The maximum Gasteiger partial charge on any atom is 0.227 e. The minimum Gasteiger partial charge on any atom is -0.496 e. The number of carbonyl (C=O) groups excluding carboxylic acids is 1. The molecule has 1 saturated carbocycles. The first-order chi connectivity index (χ1) is 13.6. The van der Waals surface area contributed by atoms with Crippen molar-refractivity contribution in [2.75, 3.05) is 7.11 Å². The van der Waals surface area contributed by atoms with Gasteiger partial charge in [0.05, 0.1) is 25.8 Å². The van der Waals surface area contributed by atoms with E-state index in [-0.39, 0.29) is 5.91 Å². The number of fused-ring (bicyclic) bond motifs is 1. The van der Waals surface area contributed by atoms with Crippen LogP contribution in [-0.4, -0.2) is 33.7 Å². The van der Waals surface area contributed by atoms with Crippen LogP contribution in [-0.2, 0) is 37.6 Å². The van der Waals surface area contributed by atoms with E-state index in [0.717, 1.165) is 48.3 Å². The van der Waals surface area contributed by atoms with E-state index in [1.165, 1.54) is 30.5 Å². The number of carbonyl (C=O) groups is 1. The number of rotatable bonds is 6. The molecule has 2 aliphatic carbocycles. The van der Waals surface area contributed by atoms with Gasteiger partial charge in [-0.3, -0.25) is 9.48 Å². The van der Waals surface area contributed by atoms with Gasteiger partial charge in [-0.15, -0.1) is 0 Å². The molecule has 28 heavy (non-hydrogen) atoms. The minimum atomic E-state index is 0.217. The molecule has 5 nitrogen and oxygen atoms in total. The molecule has 0 bridgehead atoms. The van der Waals surface area contributed by atoms with Crippen LogP contribution < -0.4 is 4.74 Å². The number of nitrogens with zero attached hydrogens (tertiary/aromatic N) is 3. The first-order valence-corrected chi connectivity index (χ1v) is 10.5. The molecule has 0 N–H and O–H groups in total. The molecule has 2 aliphatic rings. The first-order valence-electron chi connectivity index (χ1n) is 10.5. The van der Waals surface area contributed by atoms with Crippen LogP contribution in [0.15, 0.2) is 18.2 Å². The van der Waals surface area contributed by atoms with Crippen molar-refractivity contribution in [1.82, 2.24) is 14.7 Å². The summed E-state index contributed by atoms with van der Waals surface area (Å²) in [6.45, 7) is 2.68. The summed E-state index contributed by atoms with van der Waals surface area (Å²) < 4.78 is 7.38. The quantitative estimate of drug-likeness (QED) is 0.766. The van der Waals surface area contributed by atoms with Gasteiger partial charge in [0.15, 0.2) is 0 Å². The van der Waals surface area contributed by atoms with E-state index in [1.54, 1.807) is 7.11 Å². The summed E-state index contributed by atoms with van der Waals surface area (Å²) in [5, 5.41) is 4.78. The maximum atomic E-state index is 13.3. The Morgan fingerprint density at radius 2 is 2.04 bits per heavy atom. The van der Waals surface area contributed by atoms with E-state index in [9.17, 15) is 4.79 Å². The van der Waals surface area contributed by atoms with Crippen LogP contribution in [0.2, 0.25) is 0 Å². The first kappa shape index (κ1) is 19.0. The van der Waals surface area contributed by atoms with Gasteiger partial charge in [0.25, 0.3) is 0 Å². The SMILES string of the molecule is COc1ccc(CC(=O)N(Cc2nn(C)c3c2CCC3)C2CCCC2)cc1C. The van der Waals surface area contributed by atoms with Crippen molar-refractivity contribution < 1.29 is 9.53 Å². The lowest BCUT2D eigenvalue weighted by atomic mass is 10.1. The number of hydrogen-bond donors (Lipinski definition) is 0. The van der Waals surface area contributed by atoms with Gasteiger partial charge in [-0.25, -0.2) is 0 Å². The zero-order valence-electron chi connectivity index (χ0n) is 17.3. The van der Waals surface area contributed by atoms with Gasteiger partial charge in [-0.05, 0) is 61.8 Å². The normalized spacial score (nSPS) is 16.4. The Labute approximate surface area is 167 Å². The molecule has 0 saturated heterocycles. The number of benzene rings is 1. The summed E-state index contributed by atoms with van der Waals surface area (Å²) in [7, 11) is 3.72. The van der Waals surface area contributed by atoms with Crippen molar-refractivity contribution in [3.63, 3.8) is 0 Å². The van der Waals surface area contributed by atoms with E-state index >= 15 is 0 Å². The second-order valence-electron chi connectivity index (χ2n) is 8.29. The zero-order valence-corrected chi connectivity index (χ0v) is 17.3. The summed E-state index contributed by atoms with van der Waals surface area (Å²) in [5.41, 5.74) is 5.99. The average Bonchev–Trinajstić information content (AvgIpc) is 3.40. The van der Waals surface area contributed by atoms with Crippen LogP contribution in [0.4, 0.5) is 0 Å². The number of aromatic nitrogens is 2. The Balaban J connectivity index is 1.55. The molecule has 1 aromatic carbocycles. The molecular formula is C23H31N3O2. The maximum absolute atomic E-state index is 13.3. The van der Waals surface area contributed by atoms with Crippen LogP contribution in [0.25, 0.3) is 0 Å². The summed E-state index contributed by atoms with van der Waals surface area (Å²) in [4.78, 5) is 15.5. The minimum absolute atomic E-state index is 0.217. The van der Waals surface area contributed by atoms with Crippen molar-refractivity contribution in [3.8, 4) is 5.75 Å². The summed E-state index contributed by atoms with van der Waals surface area (Å²) in [6.07, 6.45) is 8.52. The fourth-order valence-electron chi connectivity index (χ4n) is 4.95. The van der Waals surface area contributed by atoms with E-state index in [4.69, 9.17) is 9.84 Å². The lowest BCUT2D eigenvalue weighted by Crippen LogP contribution is -2.39. The lowest BCUT2D eigenvalue weighted by Gasteiger charge is -2.29. The van der Waals surface area contributed by atoms with Gasteiger partial charge < -0.3 is 9.64 Å². The summed E-state index contributed by atoms with van der Waals surface area (Å²) >= 11 is 0. The van der Waals surface area contributed by atoms with Crippen molar-refractivity contribution >= 4 is 5.91 Å². The molecule has 0 radical (unpaired) electrons. The third kappa shape index (κ3) is 3.67. The monoisotopic (exact) mass is 381 g/mol. The number of aryl methyl sites for hydroxylation is 2. The Bertz CT molecular complexity index is 865. The molecule has 4 rings (SSSR count). The van der Waals surface area contributed by atoms with Crippen LogP contribution in [0, 0.1) is 6.92 Å². The van der Waals surface area contributed by atoms with Crippen LogP contribution >= 0.6 is 0 Å². The van der Waals surface area contributed by atoms with Gasteiger partial charge in [0.2, 0.25) is 5.91 Å². The highest BCUT2D eigenvalue weighted by molar-refractivity contribution is 5.79. The van der Waals surface area contributed by atoms with Crippen molar-refractivity contribution in [2.24, 2.45) is 7.05 Å². The van der Waals surface area contributed by atoms with Crippen LogP contribution in [0.5, 0.6) is 5.75 Å². The highest BCUT2D eigenvalue weighted by Crippen LogP contribution is 2.30. The van der Waals surface area contributed by atoms with Gasteiger partial charge in [0, 0.05) is 18.8 Å². The lowest BCUT2D eigenvalue weighted by molar-refractivity contribution is -0.133. The molecule has 5 heteroatoms. The number of methoxy groups -OCH3 is 1. The summed E-state index contributed by atoms with van der Waals surface area (Å²) in [6, 6.07) is 6.39. The van der Waals surface area contributed by atoms with Gasteiger partial charge >= 0.3 is 0 Å². The summed E-state index contributed by atoms with van der Waals surface area (Å²) in [5.74, 6) is 1.08. The largest absolute Gasteiger partial charge is 0.496 e. The highest BCUT2D eigenvalue weighted by Gasteiger charge is 2.30. The number of amides is 1. The zero-order chi connectivity index (χ0) is 19.7. The molecule has 1 heterocycles. The molecule has 1 fully saturated rings. The van der Waals surface area contributed by atoms with Gasteiger partial charge in [-0.2, -0.15) is 5.10 Å². The molecule has 150 valence electrons. The Hall–Kier alpha value is -2.30. The third-order valence-electron chi connectivity index (χ3n) is 6.42. The molecule has 0 atom stereocenters. The molecule has 1 aromatic heterocycles. The smallest absolute Gasteiger partial charge is 0.227 e. The van der Waals surface area contributed by atoms with Crippen LogP contribution in [0.3, 0.4) is 0 Å². The fourth-order valence-corrected chi connectivity index (χ4v) is 4.95. The molecular weight excluding hydrogens is 350 g/mol. The average molecular weight is 382 g/mol. The predicted molar refractivity (Wildman–Crippen MR) is 109 cm³/mol. The number of ether oxygens (including phenoxy) is 1. The Morgan fingerprint density at radius 1 is 1.25 bits per heavy atom. The molecule has 0 spiro atoms. The standard InChI is InChI=1S/C23H31N3O2/c1-16-13-17(11-12-22(16)28-3)14-23(27)26(18-7-4-5-8-18)15-20-19-9-6-10-21(19)25(2)24-20/h11-13,18H,4-10,14-15H2,1-3H3. The van der Waals surface area contributed by atoms with E-state index in [0.29, 0.717) is 19.0 Å². The van der Waals surface area contributed by atoms with Gasteiger partial charge in [0.1, 0.15) is 5.75 Å². The third-order valence-corrected chi connectivity index (χ3v) is 6.42. The fraction of sp³-hybridized carbons (Fsp3) is 0.565. The van der Waals surface area contributed by atoms with E-state index < -0.39 is 0 Å². The Morgan fingerprint density at radius 3 is 2.75 bits per heavy atom. The second kappa shape index (κ2) is 7.98. The van der Waals surface area contributed by atoms with Crippen molar-refractivity contribution in [1.29, 1.82) is 0 Å². The highest BCUT2D eigenvalue weighted by atomic mass is 16.5. The molecule has 1 amide bonds. The van der Waals surface area contributed by atoms with Crippen LogP contribution in [0.1, 0.15) is 60.2 Å². The topological polar surface area (TPSA) is 47.4 Å². The van der Waals surface area contributed by atoms with Gasteiger partial charge in [-0.1, -0.05) is 25.0 Å². The predicted octanol–water partition coefficient (Wildman–Crippen LogP) is 3.74. The Kier molecular flexibility index (Phi) is 5.42. The number of hydrogen-bond acceptors (Lipinski definition) is 3. The van der Waals surface area contributed by atoms with Crippen molar-refractivity contribution in [2.45, 2.75) is 70.9 Å². The van der Waals surface area contributed by atoms with Crippen molar-refractivity contribution in [3.05, 3.63) is 46.3 Å². The molecule has 2 aromatic rings. The second-order valence-corrected chi connectivity index (χ2v) is 8.29. The molecule has 0 unspecified atom stereocenters. The molecule has 0 aliphatic heterocycles.